The maximum atomic E-state index is 12.5. The molecule has 0 N–H and O–H groups in total. The van der Waals surface area contributed by atoms with Crippen LogP contribution in [0.2, 0.25) is 0 Å². The number of hydrogen-bond donors (Lipinski definition) is 0. The standard InChI is InChI=1S/C23H23F2NO5/c1-14(2)30-21-11-16(8-9-20(21)28-3)22-26-17(13-29-22)12-18(27)10-15-6-4-5-7-19(15)31-23(24)25/h4-9,11,13-14,23H,10,12H2,1-3H3. The fourth-order valence-corrected chi connectivity index (χ4v) is 3.01. The molecule has 0 amide bonds. The molecule has 3 aromatic rings. The van der Waals surface area contributed by atoms with Gasteiger partial charge in [-0.25, -0.2) is 4.98 Å². The minimum Gasteiger partial charge on any atom is -0.493 e. The first-order valence-corrected chi connectivity index (χ1v) is 9.69. The van der Waals surface area contributed by atoms with Crippen LogP contribution in [0.15, 0.2) is 53.1 Å². The third-order valence-corrected chi connectivity index (χ3v) is 4.28. The number of aromatic nitrogens is 1. The number of hydrogen-bond acceptors (Lipinski definition) is 6. The molecule has 1 aromatic heterocycles. The van der Waals surface area contributed by atoms with E-state index < -0.39 is 6.61 Å². The first kappa shape index (κ1) is 22.3. The molecule has 0 aliphatic carbocycles. The van der Waals surface area contributed by atoms with E-state index in [-0.39, 0.29) is 30.5 Å². The quantitative estimate of drug-likeness (QED) is 0.445. The molecular formula is C23H23F2NO5. The molecule has 0 spiro atoms. The Morgan fingerprint density at radius 2 is 1.81 bits per heavy atom. The lowest BCUT2D eigenvalue weighted by Crippen LogP contribution is -2.10. The summed E-state index contributed by atoms with van der Waals surface area (Å²) >= 11 is 0. The third-order valence-electron chi connectivity index (χ3n) is 4.28. The van der Waals surface area contributed by atoms with E-state index in [4.69, 9.17) is 13.9 Å². The molecular weight excluding hydrogens is 408 g/mol. The summed E-state index contributed by atoms with van der Waals surface area (Å²) in [5.41, 5.74) is 1.50. The van der Waals surface area contributed by atoms with Crippen molar-refractivity contribution in [3.63, 3.8) is 0 Å². The van der Waals surface area contributed by atoms with Gasteiger partial charge in [0.25, 0.3) is 0 Å². The Bertz CT molecular complexity index is 1030. The largest absolute Gasteiger partial charge is 0.493 e. The lowest BCUT2D eigenvalue weighted by atomic mass is 10.1. The predicted molar refractivity (Wildman–Crippen MR) is 110 cm³/mol. The molecule has 3 rings (SSSR count). The van der Waals surface area contributed by atoms with Crippen molar-refractivity contribution in [3.05, 3.63) is 60.0 Å². The minimum atomic E-state index is -2.96. The van der Waals surface area contributed by atoms with Crippen molar-refractivity contribution in [2.24, 2.45) is 0 Å². The molecule has 0 atom stereocenters. The molecule has 0 bridgehead atoms. The Kier molecular flexibility index (Phi) is 7.23. The van der Waals surface area contributed by atoms with Gasteiger partial charge in [0.05, 0.1) is 25.3 Å². The molecule has 0 radical (unpaired) electrons. The minimum absolute atomic E-state index is 0.00197. The molecule has 6 nitrogen and oxygen atoms in total. The van der Waals surface area contributed by atoms with Crippen molar-refractivity contribution in [2.45, 2.75) is 39.4 Å². The molecule has 0 fully saturated rings. The van der Waals surface area contributed by atoms with Crippen LogP contribution in [0.3, 0.4) is 0 Å². The SMILES string of the molecule is COc1ccc(-c2nc(CC(=O)Cc3ccccc3OC(F)F)co2)cc1OC(C)C. The summed E-state index contributed by atoms with van der Waals surface area (Å²) in [5.74, 6) is 1.26. The average molecular weight is 431 g/mol. The number of carbonyl (C=O) groups is 1. The topological polar surface area (TPSA) is 70.8 Å². The third kappa shape index (κ3) is 6.04. The Morgan fingerprint density at radius 1 is 1.03 bits per heavy atom. The van der Waals surface area contributed by atoms with E-state index in [0.717, 1.165) is 0 Å². The van der Waals surface area contributed by atoms with Gasteiger partial charge in [0.1, 0.15) is 17.8 Å². The van der Waals surface area contributed by atoms with Gasteiger partial charge >= 0.3 is 6.61 Å². The summed E-state index contributed by atoms with van der Waals surface area (Å²) in [6, 6.07) is 11.5. The highest BCUT2D eigenvalue weighted by Gasteiger charge is 2.16. The van der Waals surface area contributed by atoms with E-state index in [2.05, 4.69) is 9.72 Å². The molecule has 8 heteroatoms. The van der Waals surface area contributed by atoms with E-state index in [9.17, 15) is 13.6 Å². The first-order valence-electron chi connectivity index (χ1n) is 9.69. The lowest BCUT2D eigenvalue weighted by Gasteiger charge is -2.13. The number of Topliss-reactive ketones (excluding diaryl/α,β-unsaturated/α-hetero) is 1. The second kappa shape index (κ2) is 10.1. The van der Waals surface area contributed by atoms with Gasteiger partial charge in [-0.1, -0.05) is 18.2 Å². The average Bonchev–Trinajstić information content (AvgIpc) is 3.17. The van der Waals surface area contributed by atoms with Crippen LogP contribution in [-0.2, 0) is 17.6 Å². The summed E-state index contributed by atoms with van der Waals surface area (Å²) in [7, 11) is 1.56. The van der Waals surface area contributed by atoms with Gasteiger partial charge in [0.15, 0.2) is 11.5 Å². The van der Waals surface area contributed by atoms with Crippen molar-refractivity contribution in [2.75, 3.05) is 7.11 Å². The maximum Gasteiger partial charge on any atom is 0.387 e. The highest BCUT2D eigenvalue weighted by molar-refractivity contribution is 5.83. The molecule has 2 aromatic carbocycles. The zero-order chi connectivity index (χ0) is 22.4. The number of halogens is 2. The smallest absolute Gasteiger partial charge is 0.387 e. The number of ketones is 1. The van der Waals surface area contributed by atoms with Crippen LogP contribution >= 0.6 is 0 Å². The van der Waals surface area contributed by atoms with Crippen LogP contribution in [0, 0.1) is 0 Å². The molecule has 0 saturated carbocycles. The Labute approximate surface area is 178 Å². The normalized spacial score (nSPS) is 11.1. The van der Waals surface area contributed by atoms with Gasteiger partial charge in [0.2, 0.25) is 5.89 Å². The number of methoxy groups -OCH3 is 1. The van der Waals surface area contributed by atoms with Crippen LogP contribution in [0.4, 0.5) is 8.78 Å². The number of para-hydroxylation sites is 1. The number of benzene rings is 2. The highest BCUT2D eigenvalue weighted by atomic mass is 19.3. The van der Waals surface area contributed by atoms with Crippen molar-refractivity contribution in [3.8, 4) is 28.7 Å². The van der Waals surface area contributed by atoms with Crippen molar-refractivity contribution < 1.29 is 32.2 Å². The zero-order valence-corrected chi connectivity index (χ0v) is 17.4. The van der Waals surface area contributed by atoms with Crippen LogP contribution in [0.25, 0.3) is 11.5 Å². The van der Waals surface area contributed by atoms with E-state index in [1.807, 2.05) is 13.8 Å². The van der Waals surface area contributed by atoms with Gasteiger partial charge in [-0.2, -0.15) is 8.78 Å². The summed E-state index contributed by atoms with van der Waals surface area (Å²) in [4.78, 5) is 16.8. The van der Waals surface area contributed by atoms with E-state index in [1.165, 1.54) is 12.3 Å². The molecule has 164 valence electrons. The number of oxazole rings is 1. The lowest BCUT2D eigenvalue weighted by molar-refractivity contribution is -0.118. The van der Waals surface area contributed by atoms with E-state index in [1.54, 1.807) is 43.5 Å². The van der Waals surface area contributed by atoms with Crippen LogP contribution in [0.1, 0.15) is 25.1 Å². The summed E-state index contributed by atoms with van der Waals surface area (Å²) in [6.45, 7) is 0.861. The van der Waals surface area contributed by atoms with Gasteiger partial charge < -0.3 is 18.6 Å². The molecule has 0 aliphatic heterocycles. The van der Waals surface area contributed by atoms with E-state index in [0.29, 0.717) is 34.2 Å². The molecule has 0 saturated heterocycles. The number of ether oxygens (including phenoxy) is 3. The highest BCUT2D eigenvalue weighted by Crippen LogP contribution is 2.33. The van der Waals surface area contributed by atoms with Gasteiger partial charge in [-0.3, -0.25) is 4.79 Å². The molecule has 31 heavy (non-hydrogen) atoms. The van der Waals surface area contributed by atoms with Crippen LogP contribution in [-0.4, -0.2) is 30.6 Å². The molecule has 0 unspecified atom stereocenters. The maximum absolute atomic E-state index is 12.5. The van der Waals surface area contributed by atoms with E-state index >= 15 is 0 Å². The van der Waals surface area contributed by atoms with Crippen molar-refractivity contribution in [1.29, 1.82) is 0 Å². The summed E-state index contributed by atoms with van der Waals surface area (Å²) in [5, 5.41) is 0. The Hall–Kier alpha value is -3.42. The number of nitrogens with zero attached hydrogens (tertiary/aromatic N) is 1. The summed E-state index contributed by atoms with van der Waals surface area (Å²) in [6.07, 6.45) is 1.30. The van der Waals surface area contributed by atoms with Gasteiger partial charge in [-0.15, -0.1) is 0 Å². The first-order chi connectivity index (χ1) is 14.9. The molecule has 1 heterocycles. The second-order valence-corrected chi connectivity index (χ2v) is 7.05. The molecule has 0 aliphatic rings. The van der Waals surface area contributed by atoms with Crippen LogP contribution in [0.5, 0.6) is 17.2 Å². The van der Waals surface area contributed by atoms with Gasteiger partial charge in [-0.05, 0) is 38.1 Å². The monoisotopic (exact) mass is 431 g/mol. The number of carbonyl (C=O) groups excluding carboxylic acids is 1. The van der Waals surface area contributed by atoms with Gasteiger partial charge in [0, 0.05) is 17.5 Å². The second-order valence-electron chi connectivity index (χ2n) is 7.05. The fourth-order valence-electron chi connectivity index (χ4n) is 3.01. The number of rotatable bonds is 10. The van der Waals surface area contributed by atoms with Crippen LogP contribution < -0.4 is 14.2 Å². The number of alkyl halides is 2. The Morgan fingerprint density at radius 3 is 2.52 bits per heavy atom. The summed E-state index contributed by atoms with van der Waals surface area (Å²) < 4.78 is 46.2. The van der Waals surface area contributed by atoms with Crippen molar-refractivity contribution >= 4 is 5.78 Å². The zero-order valence-electron chi connectivity index (χ0n) is 17.4. The fraction of sp³-hybridized carbons (Fsp3) is 0.304. The Balaban J connectivity index is 1.71. The van der Waals surface area contributed by atoms with Crippen molar-refractivity contribution in [1.82, 2.24) is 4.98 Å². The predicted octanol–water partition coefficient (Wildman–Crippen LogP) is 5.09.